The largest absolute Gasteiger partial charge is 0.508 e. The number of phenols is 3. The molecule has 0 aliphatic rings. The molecule has 108 valence electrons. The molecule has 7 heteroatoms. The monoisotopic (exact) mass is 289 g/mol. The second-order valence-electron chi connectivity index (χ2n) is 4.16. The number of carbonyl (C=O) groups is 2. The van der Waals surface area contributed by atoms with Crippen LogP contribution < -0.4 is 5.32 Å². The molecule has 2 aromatic rings. The Morgan fingerprint density at radius 1 is 0.952 bits per heavy atom. The van der Waals surface area contributed by atoms with Gasteiger partial charge < -0.3 is 25.7 Å². The minimum Gasteiger partial charge on any atom is -0.508 e. The van der Waals surface area contributed by atoms with Crippen molar-refractivity contribution in [1.29, 1.82) is 0 Å². The number of amides is 1. The van der Waals surface area contributed by atoms with Crippen LogP contribution in [0.2, 0.25) is 0 Å². The fourth-order valence-corrected chi connectivity index (χ4v) is 1.72. The van der Waals surface area contributed by atoms with Gasteiger partial charge >= 0.3 is 5.97 Å². The Hall–Kier alpha value is -3.22. The predicted octanol–water partition coefficient (Wildman–Crippen LogP) is 1.75. The number of anilines is 1. The molecule has 21 heavy (non-hydrogen) atoms. The number of para-hydroxylation sites is 1. The fraction of sp³-hybridized carbons (Fsp3) is 0. The molecular weight excluding hydrogens is 278 g/mol. The van der Waals surface area contributed by atoms with E-state index in [2.05, 4.69) is 5.32 Å². The van der Waals surface area contributed by atoms with Crippen molar-refractivity contribution >= 4 is 17.6 Å². The average molecular weight is 289 g/mol. The Morgan fingerprint density at radius 3 is 2.29 bits per heavy atom. The number of phenolic OH excluding ortho intramolecular Hbond substituents is 2. The highest BCUT2D eigenvalue weighted by molar-refractivity contribution is 6.07. The standard InChI is InChI=1S/C14H11NO6/c16-7-4-5-8(11(17)6-7)13(19)15-10-3-1-2-9(12(10)18)14(20)21/h1-6,16-18H,(H,15,19)(H,20,21). The summed E-state index contributed by atoms with van der Waals surface area (Å²) in [6.45, 7) is 0. The summed E-state index contributed by atoms with van der Waals surface area (Å²) in [4.78, 5) is 22.8. The van der Waals surface area contributed by atoms with E-state index in [4.69, 9.17) is 10.2 Å². The molecule has 0 saturated carbocycles. The maximum atomic E-state index is 12.0. The second-order valence-corrected chi connectivity index (χ2v) is 4.16. The molecule has 0 spiro atoms. The van der Waals surface area contributed by atoms with E-state index in [9.17, 15) is 19.8 Å². The minimum atomic E-state index is -1.34. The van der Waals surface area contributed by atoms with Crippen LogP contribution in [0.5, 0.6) is 17.2 Å². The van der Waals surface area contributed by atoms with Gasteiger partial charge in [0.05, 0.1) is 11.3 Å². The summed E-state index contributed by atoms with van der Waals surface area (Å²) in [5, 5.41) is 39.7. The van der Waals surface area contributed by atoms with E-state index in [0.29, 0.717) is 0 Å². The molecule has 0 atom stereocenters. The topological polar surface area (TPSA) is 127 Å². The number of rotatable bonds is 3. The molecular formula is C14H11NO6. The normalized spacial score (nSPS) is 10.1. The maximum absolute atomic E-state index is 12.0. The van der Waals surface area contributed by atoms with Gasteiger partial charge in [-0.15, -0.1) is 0 Å². The zero-order chi connectivity index (χ0) is 15.6. The molecule has 2 rings (SSSR count). The van der Waals surface area contributed by atoms with Crippen LogP contribution in [-0.2, 0) is 0 Å². The van der Waals surface area contributed by atoms with Crippen molar-refractivity contribution in [2.24, 2.45) is 0 Å². The van der Waals surface area contributed by atoms with E-state index in [1.165, 1.54) is 30.3 Å². The van der Waals surface area contributed by atoms with Gasteiger partial charge in [-0.3, -0.25) is 4.79 Å². The van der Waals surface area contributed by atoms with E-state index in [1.54, 1.807) is 0 Å². The number of nitrogens with one attached hydrogen (secondary N) is 1. The molecule has 0 saturated heterocycles. The quantitative estimate of drug-likeness (QED) is 0.548. The van der Waals surface area contributed by atoms with Gasteiger partial charge in [-0.1, -0.05) is 6.07 Å². The van der Waals surface area contributed by atoms with E-state index in [1.807, 2.05) is 0 Å². The van der Waals surface area contributed by atoms with Gasteiger partial charge in [-0.05, 0) is 24.3 Å². The lowest BCUT2D eigenvalue weighted by atomic mass is 10.1. The molecule has 0 radical (unpaired) electrons. The molecule has 0 unspecified atom stereocenters. The lowest BCUT2D eigenvalue weighted by molar-refractivity contribution is 0.0693. The molecule has 0 heterocycles. The van der Waals surface area contributed by atoms with Gasteiger partial charge in [0.25, 0.3) is 5.91 Å². The Balaban J connectivity index is 2.32. The SMILES string of the molecule is O=C(Nc1cccc(C(=O)O)c1O)c1ccc(O)cc1O. The minimum absolute atomic E-state index is 0.104. The number of carboxylic acid groups (broad SMARTS) is 1. The number of aromatic carboxylic acids is 1. The third-order valence-electron chi connectivity index (χ3n) is 2.74. The highest BCUT2D eigenvalue weighted by atomic mass is 16.4. The summed E-state index contributed by atoms with van der Waals surface area (Å²) < 4.78 is 0. The van der Waals surface area contributed by atoms with Crippen molar-refractivity contribution in [2.75, 3.05) is 5.32 Å². The zero-order valence-electron chi connectivity index (χ0n) is 10.6. The van der Waals surface area contributed by atoms with E-state index in [-0.39, 0.29) is 22.6 Å². The highest BCUT2D eigenvalue weighted by Crippen LogP contribution is 2.29. The van der Waals surface area contributed by atoms with Gasteiger partial charge in [-0.2, -0.15) is 0 Å². The summed E-state index contributed by atoms with van der Waals surface area (Å²) in [5.41, 5.74) is -0.594. The smallest absolute Gasteiger partial charge is 0.339 e. The van der Waals surface area contributed by atoms with E-state index < -0.39 is 23.4 Å². The van der Waals surface area contributed by atoms with Gasteiger partial charge in [0.15, 0.2) is 5.75 Å². The number of carbonyl (C=O) groups excluding carboxylic acids is 1. The Labute approximate surface area is 118 Å². The number of hydrogen-bond donors (Lipinski definition) is 5. The van der Waals surface area contributed by atoms with Crippen molar-refractivity contribution < 1.29 is 30.0 Å². The zero-order valence-corrected chi connectivity index (χ0v) is 10.6. The molecule has 0 aliphatic heterocycles. The van der Waals surface area contributed by atoms with Crippen LogP contribution in [0.15, 0.2) is 36.4 Å². The molecule has 5 N–H and O–H groups in total. The first kappa shape index (κ1) is 14.2. The summed E-state index contributed by atoms with van der Waals surface area (Å²) >= 11 is 0. The van der Waals surface area contributed by atoms with E-state index >= 15 is 0 Å². The molecule has 2 aromatic carbocycles. The van der Waals surface area contributed by atoms with Crippen LogP contribution >= 0.6 is 0 Å². The van der Waals surface area contributed by atoms with Crippen molar-refractivity contribution in [3.05, 3.63) is 47.5 Å². The van der Waals surface area contributed by atoms with Gasteiger partial charge in [0.1, 0.15) is 17.1 Å². The lowest BCUT2D eigenvalue weighted by Crippen LogP contribution is -2.13. The first-order chi connectivity index (χ1) is 9.90. The summed E-state index contributed by atoms with van der Waals surface area (Å²) in [6, 6.07) is 7.25. The van der Waals surface area contributed by atoms with Gasteiger partial charge in [0, 0.05) is 6.07 Å². The van der Waals surface area contributed by atoms with Crippen molar-refractivity contribution in [1.82, 2.24) is 0 Å². The van der Waals surface area contributed by atoms with Crippen LogP contribution in [0.3, 0.4) is 0 Å². The van der Waals surface area contributed by atoms with Crippen LogP contribution in [-0.4, -0.2) is 32.3 Å². The molecule has 0 bridgehead atoms. The number of hydrogen-bond acceptors (Lipinski definition) is 5. The van der Waals surface area contributed by atoms with Gasteiger partial charge in [-0.25, -0.2) is 4.79 Å². The van der Waals surface area contributed by atoms with Crippen LogP contribution in [0.4, 0.5) is 5.69 Å². The molecule has 0 aromatic heterocycles. The molecule has 1 amide bonds. The Kier molecular flexibility index (Phi) is 3.66. The third kappa shape index (κ3) is 2.86. The molecule has 7 nitrogen and oxygen atoms in total. The van der Waals surface area contributed by atoms with Crippen molar-refractivity contribution in [3.8, 4) is 17.2 Å². The van der Waals surface area contributed by atoms with Crippen LogP contribution in [0.25, 0.3) is 0 Å². The van der Waals surface area contributed by atoms with Crippen LogP contribution in [0.1, 0.15) is 20.7 Å². The first-order valence-electron chi connectivity index (χ1n) is 5.78. The first-order valence-corrected chi connectivity index (χ1v) is 5.78. The molecule has 0 aliphatic carbocycles. The highest BCUT2D eigenvalue weighted by Gasteiger charge is 2.17. The summed E-state index contributed by atoms with van der Waals surface area (Å²) in [6.07, 6.45) is 0. The predicted molar refractivity (Wildman–Crippen MR) is 72.8 cm³/mol. The second kappa shape index (κ2) is 5.41. The average Bonchev–Trinajstić information content (AvgIpc) is 2.40. The van der Waals surface area contributed by atoms with Gasteiger partial charge in [0.2, 0.25) is 0 Å². The molecule has 0 fully saturated rings. The lowest BCUT2D eigenvalue weighted by Gasteiger charge is -2.10. The van der Waals surface area contributed by atoms with Crippen molar-refractivity contribution in [2.45, 2.75) is 0 Å². The number of aromatic hydroxyl groups is 3. The van der Waals surface area contributed by atoms with Crippen molar-refractivity contribution in [3.63, 3.8) is 0 Å². The van der Waals surface area contributed by atoms with Crippen LogP contribution in [0, 0.1) is 0 Å². The maximum Gasteiger partial charge on any atom is 0.339 e. The third-order valence-corrected chi connectivity index (χ3v) is 2.74. The number of benzene rings is 2. The summed E-state index contributed by atoms with van der Waals surface area (Å²) in [7, 11) is 0. The Morgan fingerprint density at radius 2 is 1.67 bits per heavy atom. The number of carboxylic acids is 1. The Bertz CT molecular complexity index is 725. The van der Waals surface area contributed by atoms with E-state index in [0.717, 1.165) is 6.07 Å². The summed E-state index contributed by atoms with van der Waals surface area (Å²) in [5.74, 6) is -3.33. The fourth-order valence-electron chi connectivity index (χ4n) is 1.72.